The third-order valence-electron chi connectivity index (χ3n) is 2.52. The van der Waals surface area contributed by atoms with E-state index in [4.69, 9.17) is 10.5 Å². The number of ether oxygens (including phenoxy) is 1. The van der Waals surface area contributed by atoms with Crippen LogP contribution in [0.25, 0.3) is 10.9 Å². The quantitative estimate of drug-likeness (QED) is 0.878. The molecule has 2 N–H and O–H groups in total. The number of nitrogens with zero attached hydrogens (tertiary/aromatic N) is 2. The molecule has 0 saturated carbocycles. The second-order valence-electron chi connectivity index (χ2n) is 4.44. The molecule has 0 bridgehead atoms. The van der Waals surface area contributed by atoms with Crippen molar-refractivity contribution in [3.63, 3.8) is 0 Å². The zero-order chi connectivity index (χ0) is 12.3. The summed E-state index contributed by atoms with van der Waals surface area (Å²) in [6, 6.07) is 7.71. The number of anilines is 1. The van der Waals surface area contributed by atoms with E-state index in [2.05, 4.69) is 23.8 Å². The highest BCUT2D eigenvalue weighted by atomic mass is 16.5. The standard InChI is InChI=1S/C13H17N3O/c1-9(2)7-8-17-12-10-5-3-4-6-11(10)15-13(14)16-12/h3-6,9H,7-8H2,1-2H3,(H2,14,15,16). The molecular formula is C13H17N3O. The molecule has 2 aromatic rings. The number of fused-ring (bicyclic) bond motifs is 1. The van der Waals surface area contributed by atoms with Crippen LogP contribution >= 0.6 is 0 Å². The van der Waals surface area contributed by atoms with Crippen molar-refractivity contribution in [2.24, 2.45) is 5.92 Å². The van der Waals surface area contributed by atoms with Gasteiger partial charge in [0.2, 0.25) is 11.8 Å². The van der Waals surface area contributed by atoms with Crippen LogP contribution in [0.5, 0.6) is 5.88 Å². The summed E-state index contributed by atoms with van der Waals surface area (Å²) in [6.07, 6.45) is 0.998. The van der Waals surface area contributed by atoms with Gasteiger partial charge in [0, 0.05) is 0 Å². The smallest absolute Gasteiger partial charge is 0.226 e. The van der Waals surface area contributed by atoms with E-state index in [-0.39, 0.29) is 5.95 Å². The number of hydrogen-bond acceptors (Lipinski definition) is 4. The molecule has 4 nitrogen and oxygen atoms in total. The average molecular weight is 231 g/mol. The second-order valence-corrected chi connectivity index (χ2v) is 4.44. The first kappa shape index (κ1) is 11.6. The lowest BCUT2D eigenvalue weighted by atomic mass is 10.1. The highest BCUT2D eigenvalue weighted by molar-refractivity contribution is 5.84. The number of benzene rings is 1. The fourth-order valence-corrected chi connectivity index (χ4v) is 1.57. The minimum absolute atomic E-state index is 0.253. The number of hydrogen-bond donors (Lipinski definition) is 1. The molecule has 0 radical (unpaired) electrons. The van der Waals surface area contributed by atoms with Crippen molar-refractivity contribution in [1.29, 1.82) is 0 Å². The van der Waals surface area contributed by atoms with Crippen LogP contribution < -0.4 is 10.5 Å². The molecular weight excluding hydrogens is 214 g/mol. The Bertz CT molecular complexity index is 511. The zero-order valence-electron chi connectivity index (χ0n) is 10.2. The summed E-state index contributed by atoms with van der Waals surface area (Å²) in [5.74, 6) is 1.44. The van der Waals surface area contributed by atoms with Crippen LogP contribution in [-0.2, 0) is 0 Å². The van der Waals surface area contributed by atoms with Gasteiger partial charge >= 0.3 is 0 Å². The summed E-state index contributed by atoms with van der Waals surface area (Å²) < 4.78 is 5.68. The Hall–Kier alpha value is -1.84. The number of rotatable bonds is 4. The molecule has 17 heavy (non-hydrogen) atoms. The van der Waals surface area contributed by atoms with Gasteiger partial charge in [0.05, 0.1) is 17.5 Å². The predicted octanol–water partition coefficient (Wildman–Crippen LogP) is 2.64. The van der Waals surface area contributed by atoms with Gasteiger partial charge in [0.15, 0.2) is 0 Å². The molecule has 4 heteroatoms. The van der Waals surface area contributed by atoms with Gasteiger partial charge in [0.25, 0.3) is 0 Å². The molecule has 0 aliphatic rings. The molecule has 1 aromatic carbocycles. The first-order valence-corrected chi connectivity index (χ1v) is 5.82. The van der Waals surface area contributed by atoms with Gasteiger partial charge in [-0.05, 0) is 24.5 Å². The molecule has 0 aliphatic carbocycles. The highest BCUT2D eigenvalue weighted by Gasteiger charge is 2.06. The number of aromatic nitrogens is 2. The Balaban J connectivity index is 2.26. The van der Waals surface area contributed by atoms with Crippen molar-refractivity contribution < 1.29 is 4.74 Å². The van der Waals surface area contributed by atoms with Crippen LogP contribution in [0, 0.1) is 5.92 Å². The summed E-state index contributed by atoms with van der Waals surface area (Å²) in [5, 5.41) is 0.908. The Morgan fingerprint density at radius 1 is 1.24 bits per heavy atom. The molecule has 0 amide bonds. The van der Waals surface area contributed by atoms with Crippen LogP contribution in [0.3, 0.4) is 0 Å². The van der Waals surface area contributed by atoms with Crippen molar-refractivity contribution in [3.8, 4) is 5.88 Å². The van der Waals surface area contributed by atoms with E-state index in [1.165, 1.54) is 0 Å². The van der Waals surface area contributed by atoms with E-state index >= 15 is 0 Å². The van der Waals surface area contributed by atoms with E-state index in [1.807, 2.05) is 24.3 Å². The second kappa shape index (κ2) is 4.99. The molecule has 0 unspecified atom stereocenters. The number of nitrogen functional groups attached to an aromatic ring is 1. The third kappa shape index (κ3) is 2.84. The summed E-state index contributed by atoms with van der Waals surface area (Å²) >= 11 is 0. The zero-order valence-corrected chi connectivity index (χ0v) is 10.2. The lowest BCUT2D eigenvalue weighted by Gasteiger charge is -2.09. The van der Waals surface area contributed by atoms with Crippen molar-refractivity contribution in [1.82, 2.24) is 9.97 Å². The van der Waals surface area contributed by atoms with Gasteiger partial charge in [-0.2, -0.15) is 4.98 Å². The van der Waals surface area contributed by atoms with Gasteiger partial charge in [-0.3, -0.25) is 0 Å². The molecule has 2 rings (SSSR count). The summed E-state index contributed by atoms with van der Waals surface area (Å²) in [7, 11) is 0. The van der Waals surface area contributed by atoms with E-state index in [9.17, 15) is 0 Å². The van der Waals surface area contributed by atoms with Gasteiger partial charge in [0.1, 0.15) is 0 Å². The maximum absolute atomic E-state index is 5.68. The van der Waals surface area contributed by atoms with Crippen LogP contribution in [0.2, 0.25) is 0 Å². The van der Waals surface area contributed by atoms with Crippen LogP contribution in [0.4, 0.5) is 5.95 Å². The van der Waals surface area contributed by atoms with Crippen molar-refractivity contribution >= 4 is 16.9 Å². The minimum Gasteiger partial charge on any atom is -0.477 e. The highest BCUT2D eigenvalue weighted by Crippen LogP contribution is 2.23. The van der Waals surface area contributed by atoms with Gasteiger partial charge in [-0.15, -0.1) is 0 Å². The largest absolute Gasteiger partial charge is 0.477 e. The van der Waals surface area contributed by atoms with Crippen molar-refractivity contribution in [2.75, 3.05) is 12.3 Å². The Morgan fingerprint density at radius 3 is 2.76 bits per heavy atom. The topological polar surface area (TPSA) is 61.0 Å². The number of nitrogens with two attached hydrogens (primary N) is 1. The SMILES string of the molecule is CC(C)CCOc1nc(N)nc2ccccc12. The molecule has 0 fully saturated rings. The summed E-state index contributed by atoms with van der Waals surface area (Å²) in [6.45, 7) is 4.98. The first-order chi connectivity index (χ1) is 8.16. The summed E-state index contributed by atoms with van der Waals surface area (Å²) in [5.41, 5.74) is 6.47. The molecule has 1 heterocycles. The first-order valence-electron chi connectivity index (χ1n) is 5.82. The summed E-state index contributed by atoms with van der Waals surface area (Å²) in [4.78, 5) is 8.31. The third-order valence-corrected chi connectivity index (χ3v) is 2.52. The molecule has 0 spiro atoms. The van der Waals surface area contributed by atoms with Crippen LogP contribution in [-0.4, -0.2) is 16.6 Å². The average Bonchev–Trinajstić information content (AvgIpc) is 2.28. The Labute approximate surface area is 101 Å². The van der Waals surface area contributed by atoms with Gasteiger partial charge in [-0.1, -0.05) is 26.0 Å². The molecule has 0 saturated heterocycles. The molecule has 0 atom stereocenters. The van der Waals surface area contributed by atoms with E-state index in [0.717, 1.165) is 17.3 Å². The van der Waals surface area contributed by atoms with E-state index in [1.54, 1.807) is 0 Å². The van der Waals surface area contributed by atoms with Crippen molar-refractivity contribution in [2.45, 2.75) is 20.3 Å². The molecule has 90 valence electrons. The molecule has 0 aliphatic heterocycles. The van der Waals surface area contributed by atoms with Gasteiger partial charge < -0.3 is 10.5 Å². The lowest BCUT2D eigenvalue weighted by Crippen LogP contribution is -2.05. The van der Waals surface area contributed by atoms with Gasteiger partial charge in [-0.25, -0.2) is 4.98 Å². The van der Waals surface area contributed by atoms with E-state index < -0.39 is 0 Å². The fraction of sp³-hybridized carbons (Fsp3) is 0.385. The predicted molar refractivity (Wildman–Crippen MR) is 68.9 cm³/mol. The van der Waals surface area contributed by atoms with E-state index in [0.29, 0.717) is 18.4 Å². The Kier molecular flexibility index (Phi) is 3.42. The molecule has 1 aromatic heterocycles. The fourth-order valence-electron chi connectivity index (χ4n) is 1.57. The maximum atomic E-state index is 5.68. The maximum Gasteiger partial charge on any atom is 0.226 e. The Morgan fingerprint density at radius 2 is 2.00 bits per heavy atom. The normalized spacial score (nSPS) is 11.0. The number of para-hydroxylation sites is 1. The van der Waals surface area contributed by atoms with Crippen molar-refractivity contribution in [3.05, 3.63) is 24.3 Å². The monoisotopic (exact) mass is 231 g/mol. The van der Waals surface area contributed by atoms with Crippen LogP contribution in [0.15, 0.2) is 24.3 Å². The van der Waals surface area contributed by atoms with Crippen LogP contribution in [0.1, 0.15) is 20.3 Å². The lowest BCUT2D eigenvalue weighted by molar-refractivity contribution is 0.283. The minimum atomic E-state index is 0.253.